The van der Waals surface area contributed by atoms with Crippen LogP contribution in [0.3, 0.4) is 0 Å². The van der Waals surface area contributed by atoms with Crippen molar-refractivity contribution in [2.75, 3.05) is 23.8 Å². The largest absolute Gasteiger partial charge is 0.373 e. The van der Waals surface area contributed by atoms with Gasteiger partial charge in [-0.3, -0.25) is 0 Å². The lowest BCUT2D eigenvalue weighted by Gasteiger charge is -2.34. The molecule has 6 heteroatoms. The van der Waals surface area contributed by atoms with E-state index < -0.39 is 0 Å². The summed E-state index contributed by atoms with van der Waals surface area (Å²) in [4.78, 5) is 20.3. The van der Waals surface area contributed by atoms with Crippen LogP contribution in [-0.4, -0.2) is 33.5 Å². The second-order valence-electron chi connectivity index (χ2n) is 5.55. The normalized spacial score (nSPS) is 21.6. The van der Waals surface area contributed by atoms with Gasteiger partial charge in [0.2, 0.25) is 5.95 Å². The lowest BCUT2D eigenvalue weighted by Crippen LogP contribution is -2.41. The van der Waals surface area contributed by atoms with Crippen LogP contribution in [0.1, 0.15) is 31.3 Å². The Morgan fingerprint density at radius 1 is 1.24 bits per heavy atom. The molecule has 1 unspecified atom stereocenters. The van der Waals surface area contributed by atoms with Crippen LogP contribution in [0, 0.1) is 6.92 Å². The lowest BCUT2D eigenvalue weighted by atomic mass is 9.97. The Bertz CT molecular complexity index is 629. The molecule has 0 radical (unpaired) electrons. The molecule has 1 aliphatic rings. The van der Waals surface area contributed by atoms with Crippen LogP contribution in [0.2, 0.25) is 0 Å². The van der Waals surface area contributed by atoms with Gasteiger partial charge in [0.25, 0.3) is 0 Å². The highest BCUT2D eigenvalue weighted by Gasteiger charge is 2.42. The van der Waals surface area contributed by atoms with Gasteiger partial charge < -0.3 is 10.2 Å². The van der Waals surface area contributed by atoms with Crippen molar-refractivity contribution in [2.45, 2.75) is 32.2 Å². The Morgan fingerprint density at radius 3 is 2.71 bits per heavy atom. The maximum atomic E-state index is 4.66. The topological polar surface area (TPSA) is 66.8 Å². The van der Waals surface area contributed by atoms with Crippen molar-refractivity contribution < 1.29 is 0 Å². The fourth-order valence-corrected chi connectivity index (χ4v) is 2.88. The summed E-state index contributed by atoms with van der Waals surface area (Å²) in [6.45, 7) is 5.09. The number of nitrogens with one attached hydrogen (secondary N) is 1. The third-order valence-corrected chi connectivity index (χ3v) is 4.03. The molecule has 21 heavy (non-hydrogen) atoms. The summed E-state index contributed by atoms with van der Waals surface area (Å²) in [5, 5.41) is 3.10. The van der Waals surface area contributed by atoms with Crippen LogP contribution in [0.4, 0.5) is 11.8 Å². The summed E-state index contributed by atoms with van der Waals surface area (Å²) in [6.07, 6.45) is 5.63. The van der Waals surface area contributed by atoms with E-state index in [1.807, 2.05) is 26.1 Å². The maximum Gasteiger partial charge on any atom is 0.226 e. The average molecular weight is 284 g/mol. The zero-order valence-electron chi connectivity index (χ0n) is 12.7. The molecular weight excluding hydrogens is 264 g/mol. The van der Waals surface area contributed by atoms with Gasteiger partial charge in [-0.2, -0.15) is 0 Å². The predicted octanol–water partition coefficient (Wildman–Crippen LogP) is 2.13. The molecule has 2 aromatic heterocycles. The van der Waals surface area contributed by atoms with Crippen molar-refractivity contribution in [3.8, 4) is 0 Å². The third-order valence-electron chi connectivity index (χ3n) is 4.03. The monoisotopic (exact) mass is 284 g/mol. The summed E-state index contributed by atoms with van der Waals surface area (Å²) in [5.74, 6) is 2.42. The number of hydrogen-bond acceptors (Lipinski definition) is 6. The number of nitrogens with zero attached hydrogens (tertiary/aromatic N) is 5. The minimum atomic E-state index is -0.265. The molecule has 1 fully saturated rings. The van der Waals surface area contributed by atoms with Gasteiger partial charge in [-0.15, -0.1) is 0 Å². The molecule has 1 saturated heterocycles. The first-order valence-corrected chi connectivity index (χ1v) is 7.22. The van der Waals surface area contributed by atoms with E-state index in [-0.39, 0.29) is 5.54 Å². The van der Waals surface area contributed by atoms with Crippen LogP contribution >= 0.6 is 0 Å². The SMILES string of the molecule is CNc1cc(C)nc(C2(C)CCCN2c2ncccn2)n1. The summed E-state index contributed by atoms with van der Waals surface area (Å²) >= 11 is 0. The van der Waals surface area contributed by atoms with Gasteiger partial charge in [0.05, 0.1) is 0 Å². The molecule has 3 rings (SSSR count). The highest BCUT2D eigenvalue weighted by Crippen LogP contribution is 2.38. The van der Waals surface area contributed by atoms with E-state index in [2.05, 4.69) is 37.1 Å². The molecule has 2 aromatic rings. The van der Waals surface area contributed by atoms with Gasteiger partial charge >= 0.3 is 0 Å². The molecule has 0 saturated carbocycles. The minimum Gasteiger partial charge on any atom is -0.373 e. The average Bonchev–Trinajstić information content (AvgIpc) is 2.91. The summed E-state index contributed by atoms with van der Waals surface area (Å²) in [7, 11) is 1.88. The van der Waals surface area contributed by atoms with Crippen molar-refractivity contribution in [3.63, 3.8) is 0 Å². The van der Waals surface area contributed by atoms with Crippen LogP contribution in [-0.2, 0) is 5.54 Å². The van der Waals surface area contributed by atoms with E-state index in [1.165, 1.54) is 0 Å². The van der Waals surface area contributed by atoms with Gasteiger partial charge in [-0.1, -0.05) is 0 Å². The molecule has 0 spiro atoms. The van der Waals surface area contributed by atoms with Gasteiger partial charge in [0.1, 0.15) is 11.4 Å². The fraction of sp³-hybridized carbons (Fsp3) is 0.467. The Kier molecular flexibility index (Phi) is 3.45. The lowest BCUT2D eigenvalue weighted by molar-refractivity contribution is 0.453. The predicted molar refractivity (Wildman–Crippen MR) is 82.3 cm³/mol. The quantitative estimate of drug-likeness (QED) is 0.931. The van der Waals surface area contributed by atoms with E-state index in [0.29, 0.717) is 0 Å². The van der Waals surface area contributed by atoms with Crippen LogP contribution < -0.4 is 10.2 Å². The Balaban J connectivity index is 2.04. The molecule has 0 aromatic carbocycles. The summed E-state index contributed by atoms with van der Waals surface area (Å²) < 4.78 is 0. The second kappa shape index (κ2) is 5.27. The molecule has 1 N–H and O–H groups in total. The van der Waals surface area contributed by atoms with Crippen LogP contribution in [0.25, 0.3) is 0 Å². The van der Waals surface area contributed by atoms with Gasteiger partial charge in [-0.25, -0.2) is 19.9 Å². The highest BCUT2D eigenvalue weighted by molar-refractivity contribution is 5.42. The molecule has 6 nitrogen and oxygen atoms in total. The minimum absolute atomic E-state index is 0.265. The molecule has 0 bridgehead atoms. The first-order valence-electron chi connectivity index (χ1n) is 7.22. The van der Waals surface area contributed by atoms with Gasteiger partial charge in [0.15, 0.2) is 5.82 Å². The molecule has 110 valence electrons. The number of hydrogen-bond donors (Lipinski definition) is 1. The van der Waals surface area contributed by atoms with Crippen molar-refractivity contribution in [2.24, 2.45) is 0 Å². The molecule has 0 aliphatic carbocycles. The van der Waals surface area contributed by atoms with Crippen molar-refractivity contribution in [1.82, 2.24) is 19.9 Å². The first kappa shape index (κ1) is 13.7. The third kappa shape index (κ3) is 2.41. The van der Waals surface area contributed by atoms with Crippen molar-refractivity contribution in [1.29, 1.82) is 0 Å². The molecule has 0 amide bonds. The van der Waals surface area contributed by atoms with Gasteiger partial charge in [-0.05, 0) is 32.8 Å². The molecular formula is C15H20N6. The smallest absolute Gasteiger partial charge is 0.226 e. The van der Waals surface area contributed by atoms with Crippen molar-refractivity contribution in [3.05, 3.63) is 36.0 Å². The molecule has 3 heterocycles. The van der Waals surface area contributed by atoms with Gasteiger partial charge in [0, 0.05) is 37.7 Å². The number of aryl methyl sites for hydroxylation is 1. The zero-order chi connectivity index (χ0) is 14.9. The Morgan fingerprint density at radius 2 is 2.00 bits per heavy atom. The first-order chi connectivity index (χ1) is 10.1. The highest BCUT2D eigenvalue weighted by atomic mass is 15.3. The number of rotatable bonds is 3. The maximum absolute atomic E-state index is 4.66. The van der Waals surface area contributed by atoms with E-state index in [4.69, 9.17) is 0 Å². The number of aromatic nitrogens is 4. The van der Waals surface area contributed by atoms with Crippen molar-refractivity contribution >= 4 is 11.8 Å². The standard InChI is InChI=1S/C15H20N6/c1-11-10-12(16-3)20-13(19-11)15(2)6-4-9-21(15)14-17-7-5-8-18-14/h5,7-8,10H,4,6,9H2,1-3H3,(H,16,19,20). The van der Waals surface area contributed by atoms with E-state index in [1.54, 1.807) is 12.4 Å². The van der Waals surface area contributed by atoms with Crippen LogP contribution in [0.5, 0.6) is 0 Å². The van der Waals surface area contributed by atoms with E-state index >= 15 is 0 Å². The van der Waals surface area contributed by atoms with E-state index in [0.717, 1.165) is 42.7 Å². The van der Waals surface area contributed by atoms with Crippen LogP contribution in [0.15, 0.2) is 24.5 Å². The zero-order valence-corrected chi connectivity index (χ0v) is 12.7. The fourth-order valence-electron chi connectivity index (χ4n) is 2.88. The van der Waals surface area contributed by atoms with E-state index in [9.17, 15) is 0 Å². The second-order valence-corrected chi connectivity index (χ2v) is 5.55. The Labute approximate surface area is 124 Å². The summed E-state index contributed by atoms with van der Waals surface area (Å²) in [6, 6.07) is 3.78. The molecule has 1 atom stereocenters. The molecule has 1 aliphatic heterocycles. The Hall–Kier alpha value is -2.24. The number of anilines is 2. The summed E-state index contributed by atoms with van der Waals surface area (Å²) in [5.41, 5.74) is 0.699.